The van der Waals surface area contributed by atoms with E-state index < -0.39 is 11.3 Å². The molecule has 0 bridgehead atoms. The van der Waals surface area contributed by atoms with Gasteiger partial charge in [-0.2, -0.15) is 0 Å². The summed E-state index contributed by atoms with van der Waals surface area (Å²) in [6.07, 6.45) is 10.7. The number of aliphatic hydroxyl groups is 1. The molecule has 29 heavy (non-hydrogen) atoms. The predicted molar refractivity (Wildman–Crippen MR) is 109 cm³/mol. The van der Waals surface area contributed by atoms with E-state index in [2.05, 4.69) is 25.2 Å². The number of ether oxygens (including phenoxy) is 3. The summed E-state index contributed by atoms with van der Waals surface area (Å²) in [5.41, 5.74) is 3.18. The van der Waals surface area contributed by atoms with Gasteiger partial charge in [0, 0.05) is 24.8 Å². The molecule has 3 fully saturated rings. The number of allylic oxidation sites excluding steroid dienone is 3. The van der Waals surface area contributed by atoms with Crippen LogP contribution in [0.15, 0.2) is 22.8 Å². The van der Waals surface area contributed by atoms with Gasteiger partial charge in [0.1, 0.15) is 11.3 Å². The highest BCUT2D eigenvalue weighted by atomic mass is 16.7. The highest BCUT2D eigenvalue weighted by molar-refractivity contribution is 5.45. The van der Waals surface area contributed by atoms with E-state index in [0.717, 1.165) is 64.7 Å². The van der Waals surface area contributed by atoms with Crippen LogP contribution >= 0.6 is 0 Å². The van der Waals surface area contributed by atoms with E-state index in [4.69, 9.17) is 14.2 Å². The van der Waals surface area contributed by atoms with Crippen LogP contribution in [-0.4, -0.2) is 48.6 Å². The van der Waals surface area contributed by atoms with Crippen LogP contribution < -0.4 is 5.32 Å². The first-order chi connectivity index (χ1) is 13.9. The van der Waals surface area contributed by atoms with Crippen molar-refractivity contribution >= 4 is 0 Å². The second-order valence-electron chi connectivity index (χ2n) is 10.6. The lowest BCUT2D eigenvalue weighted by atomic mass is 9.55. The molecule has 2 aliphatic heterocycles. The van der Waals surface area contributed by atoms with E-state index in [-0.39, 0.29) is 11.2 Å². The van der Waals surface area contributed by atoms with Crippen molar-refractivity contribution in [3.8, 4) is 0 Å². The van der Waals surface area contributed by atoms with Crippen LogP contribution in [0.25, 0.3) is 0 Å². The fourth-order valence-electron chi connectivity index (χ4n) is 7.95. The summed E-state index contributed by atoms with van der Waals surface area (Å²) in [5, 5.41) is 15.5. The molecule has 5 nitrogen and oxygen atoms in total. The Labute approximate surface area is 173 Å². The highest BCUT2D eigenvalue weighted by Crippen LogP contribution is 2.65. The quantitative estimate of drug-likeness (QED) is 0.705. The minimum absolute atomic E-state index is 0.140. The fraction of sp³-hybridized carbons (Fsp3) is 0.833. The van der Waals surface area contributed by atoms with Crippen molar-refractivity contribution in [2.75, 3.05) is 26.4 Å². The van der Waals surface area contributed by atoms with Gasteiger partial charge >= 0.3 is 0 Å². The van der Waals surface area contributed by atoms with Crippen LogP contribution in [0, 0.1) is 17.3 Å². The Kier molecular flexibility index (Phi) is 4.04. The van der Waals surface area contributed by atoms with Gasteiger partial charge in [-0.05, 0) is 68.4 Å². The van der Waals surface area contributed by atoms with E-state index in [1.807, 2.05) is 0 Å². The van der Waals surface area contributed by atoms with Crippen molar-refractivity contribution in [2.45, 2.75) is 82.3 Å². The molecule has 5 atom stereocenters. The van der Waals surface area contributed by atoms with E-state index in [9.17, 15) is 5.11 Å². The minimum Gasteiger partial charge on any atom is -0.385 e. The molecule has 160 valence electrons. The van der Waals surface area contributed by atoms with Crippen LogP contribution in [0.4, 0.5) is 0 Å². The molecule has 6 aliphatic rings. The van der Waals surface area contributed by atoms with Gasteiger partial charge in [0.25, 0.3) is 0 Å². The zero-order valence-electron chi connectivity index (χ0n) is 17.9. The number of fused-ring (bicyclic) bond motifs is 4. The fourth-order valence-corrected chi connectivity index (χ4v) is 7.95. The second kappa shape index (κ2) is 6.17. The molecular formula is C24H35NO4. The third-order valence-electron chi connectivity index (χ3n) is 9.54. The minimum atomic E-state index is -0.819. The molecule has 2 heterocycles. The highest BCUT2D eigenvalue weighted by Gasteiger charge is 2.68. The molecule has 4 unspecified atom stereocenters. The number of nitrogens with one attached hydrogen (secondary N) is 1. The molecular weight excluding hydrogens is 366 g/mol. The lowest BCUT2D eigenvalue weighted by Gasteiger charge is -2.55. The van der Waals surface area contributed by atoms with E-state index in [1.165, 1.54) is 6.42 Å². The maximum Gasteiger partial charge on any atom is 0.172 e. The molecule has 4 aliphatic carbocycles. The first kappa shape index (κ1) is 19.0. The van der Waals surface area contributed by atoms with Crippen LogP contribution in [0.5, 0.6) is 0 Å². The summed E-state index contributed by atoms with van der Waals surface area (Å²) in [6.45, 7) is 7.38. The summed E-state index contributed by atoms with van der Waals surface area (Å²) in [6, 6.07) is 0. The molecule has 1 saturated carbocycles. The molecule has 0 aromatic carbocycles. The summed E-state index contributed by atoms with van der Waals surface area (Å²) < 4.78 is 18.1. The number of hydrogen-bond donors (Lipinski definition) is 2. The standard InChI is InChI=1S/C24H35NO4/c1-21-8-5-18-17-6-9-23(28-13-14-29-23)15-16(17)3-4-19(18)20(21)7-10-24(21,26)22(2)25-11-12-27-22/h5,19-20,25-26H,3-4,6-15H2,1-2H3/t19?,20?,21?,22?,24-/m1/s1. The van der Waals surface area contributed by atoms with Gasteiger partial charge in [-0.1, -0.05) is 18.6 Å². The molecule has 1 spiro atoms. The van der Waals surface area contributed by atoms with Crippen LogP contribution in [-0.2, 0) is 14.2 Å². The number of hydrogen-bond acceptors (Lipinski definition) is 5. The molecule has 6 rings (SSSR count). The smallest absolute Gasteiger partial charge is 0.172 e. The first-order valence-corrected chi connectivity index (χ1v) is 11.7. The summed E-state index contributed by atoms with van der Waals surface area (Å²) >= 11 is 0. The van der Waals surface area contributed by atoms with E-state index >= 15 is 0 Å². The summed E-state index contributed by atoms with van der Waals surface area (Å²) in [7, 11) is 0. The summed E-state index contributed by atoms with van der Waals surface area (Å²) in [4.78, 5) is 0. The van der Waals surface area contributed by atoms with Crippen molar-refractivity contribution in [1.82, 2.24) is 5.32 Å². The van der Waals surface area contributed by atoms with Gasteiger partial charge in [-0.15, -0.1) is 0 Å². The molecule has 0 aromatic rings. The van der Waals surface area contributed by atoms with Gasteiger partial charge in [0.05, 0.1) is 19.8 Å². The number of rotatable bonds is 1. The van der Waals surface area contributed by atoms with Crippen molar-refractivity contribution in [1.29, 1.82) is 0 Å². The molecule has 2 saturated heterocycles. The van der Waals surface area contributed by atoms with E-state index in [0.29, 0.717) is 18.4 Å². The van der Waals surface area contributed by atoms with Gasteiger partial charge in [-0.3, -0.25) is 5.32 Å². The monoisotopic (exact) mass is 401 g/mol. The molecule has 5 heteroatoms. The Morgan fingerprint density at radius 3 is 2.62 bits per heavy atom. The lowest BCUT2D eigenvalue weighted by molar-refractivity contribution is -0.214. The SMILES string of the molecule is CC1([C@@]2(O)CCC3C4CCC5=C(CCC6(C5)OCCO6)C4=CCC32C)NCCO1. The average molecular weight is 402 g/mol. The molecule has 0 amide bonds. The third-order valence-corrected chi connectivity index (χ3v) is 9.54. The Morgan fingerprint density at radius 1 is 1.03 bits per heavy atom. The predicted octanol–water partition coefficient (Wildman–Crippen LogP) is 3.43. The maximum absolute atomic E-state index is 12.0. The Hall–Kier alpha value is -0.720. The lowest BCUT2D eigenvalue weighted by Crippen LogP contribution is -2.66. The molecule has 2 N–H and O–H groups in total. The second-order valence-corrected chi connectivity index (χ2v) is 10.6. The van der Waals surface area contributed by atoms with Crippen LogP contribution in [0.1, 0.15) is 65.2 Å². The Balaban J connectivity index is 1.33. The van der Waals surface area contributed by atoms with Crippen molar-refractivity contribution in [3.63, 3.8) is 0 Å². The van der Waals surface area contributed by atoms with Gasteiger partial charge in [0.2, 0.25) is 0 Å². The Bertz CT molecular complexity index is 776. The average Bonchev–Trinajstić information content (AvgIpc) is 3.42. The zero-order chi connectivity index (χ0) is 19.9. The Morgan fingerprint density at radius 2 is 1.86 bits per heavy atom. The van der Waals surface area contributed by atoms with Crippen molar-refractivity contribution < 1.29 is 19.3 Å². The van der Waals surface area contributed by atoms with Crippen LogP contribution in [0.2, 0.25) is 0 Å². The largest absolute Gasteiger partial charge is 0.385 e. The van der Waals surface area contributed by atoms with E-state index in [1.54, 1.807) is 16.7 Å². The topological polar surface area (TPSA) is 60.0 Å². The zero-order valence-corrected chi connectivity index (χ0v) is 17.9. The maximum atomic E-state index is 12.0. The van der Waals surface area contributed by atoms with Crippen LogP contribution in [0.3, 0.4) is 0 Å². The third kappa shape index (κ3) is 2.40. The first-order valence-electron chi connectivity index (χ1n) is 11.7. The van der Waals surface area contributed by atoms with Crippen molar-refractivity contribution in [2.24, 2.45) is 17.3 Å². The molecule has 0 radical (unpaired) electrons. The normalized spacial score (nSPS) is 48.4. The molecule has 0 aromatic heterocycles. The van der Waals surface area contributed by atoms with Crippen molar-refractivity contribution in [3.05, 3.63) is 22.8 Å². The van der Waals surface area contributed by atoms with Gasteiger partial charge < -0.3 is 19.3 Å². The summed E-state index contributed by atoms with van der Waals surface area (Å²) in [5.74, 6) is 0.772. The van der Waals surface area contributed by atoms with Gasteiger partial charge in [-0.25, -0.2) is 0 Å². The van der Waals surface area contributed by atoms with Gasteiger partial charge in [0.15, 0.2) is 5.79 Å².